The lowest BCUT2D eigenvalue weighted by molar-refractivity contribution is 0.0994. The number of fused-ring (bicyclic) bond motifs is 7. The molecule has 0 saturated heterocycles. The standard InChI is InChI=1S/C35H27NO3/c1-24-11-3-2-4-18-32(37)26-12-5-6-13-27(26)35(24)28-14-7-9-16-30(28)36(31-17-10-8-15-29(31)35)25-19-20-33-34(23-25)39-22-21-38-33/h2-17,19-20,23H,1,18,21-22H2/b4-2-,11-3-. The minimum absolute atomic E-state index is 0.0913. The van der Waals surface area contributed by atoms with Crippen LogP contribution in [0.25, 0.3) is 0 Å². The molecule has 1 aliphatic carbocycles. The van der Waals surface area contributed by atoms with Crippen molar-refractivity contribution in [3.63, 3.8) is 0 Å². The van der Waals surface area contributed by atoms with Gasteiger partial charge in [0.1, 0.15) is 13.2 Å². The second-order valence-corrected chi connectivity index (χ2v) is 9.93. The van der Waals surface area contributed by atoms with Gasteiger partial charge in [-0.3, -0.25) is 4.79 Å². The van der Waals surface area contributed by atoms with Crippen LogP contribution < -0.4 is 14.4 Å². The Labute approximate surface area is 228 Å². The molecule has 39 heavy (non-hydrogen) atoms. The predicted octanol–water partition coefficient (Wildman–Crippen LogP) is 7.83. The fourth-order valence-corrected chi connectivity index (χ4v) is 6.22. The zero-order valence-electron chi connectivity index (χ0n) is 21.5. The Balaban J connectivity index is 1.57. The molecule has 3 aliphatic rings. The van der Waals surface area contributed by atoms with Gasteiger partial charge < -0.3 is 14.4 Å². The first-order chi connectivity index (χ1) is 19.2. The van der Waals surface area contributed by atoms with Gasteiger partial charge in [0.05, 0.1) is 22.5 Å². The maximum absolute atomic E-state index is 13.6. The van der Waals surface area contributed by atoms with Crippen molar-refractivity contribution in [1.29, 1.82) is 0 Å². The number of hydrogen-bond donors (Lipinski definition) is 0. The van der Waals surface area contributed by atoms with E-state index >= 15 is 0 Å². The van der Waals surface area contributed by atoms with Gasteiger partial charge >= 0.3 is 0 Å². The number of allylic oxidation sites excluding steroid dienone is 5. The number of hydrogen-bond acceptors (Lipinski definition) is 4. The topological polar surface area (TPSA) is 38.8 Å². The van der Waals surface area contributed by atoms with Gasteiger partial charge in [-0.15, -0.1) is 0 Å². The zero-order chi connectivity index (χ0) is 26.4. The SMILES string of the molecule is C=C1/C=C\C=C/CC(=O)c2ccccc2C12c1ccccc1N(c1ccc3c(c1)OCCO3)c1ccccc12. The van der Waals surface area contributed by atoms with Crippen molar-refractivity contribution in [2.45, 2.75) is 11.8 Å². The van der Waals surface area contributed by atoms with Crippen molar-refractivity contribution >= 4 is 22.8 Å². The zero-order valence-corrected chi connectivity index (χ0v) is 21.5. The highest BCUT2D eigenvalue weighted by Gasteiger charge is 2.47. The molecule has 0 radical (unpaired) electrons. The molecule has 7 rings (SSSR count). The molecule has 0 N–H and O–H groups in total. The van der Waals surface area contributed by atoms with E-state index in [2.05, 4.69) is 78.2 Å². The van der Waals surface area contributed by atoms with E-state index in [1.165, 1.54) is 0 Å². The normalized spacial score (nSPS) is 18.5. The van der Waals surface area contributed by atoms with E-state index in [0.29, 0.717) is 19.6 Å². The third kappa shape index (κ3) is 3.48. The number of nitrogens with zero attached hydrogens (tertiary/aromatic N) is 1. The van der Waals surface area contributed by atoms with E-state index < -0.39 is 5.41 Å². The number of Topliss-reactive ketones (excluding diaryl/α,β-unsaturated/α-hetero) is 1. The maximum Gasteiger partial charge on any atom is 0.166 e. The number of ketones is 1. The van der Waals surface area contributed by atoms with Gasteiger partial charge in [0, 0.05) is 18.1 Å². The van der Waals surface area contributed by atoms with E-state index in [0.717, 1.165) is 56.4 Å². The Morgan fingerprint density at radius 2 is 1.36 bits per heavy atom. The van der Waals surface area contributed by atoms with Crippen molar-refractivity contribution in [3.8, 4) is 11.5 Å². The van der Waals surface area contributed by atoms with Gasteiger partial charge in [-0.05, 0) is 46.5 Å². The summed E-state index contributed by atoms with van der Waals surface area (Å²) in [4.78, 5) is 15.8. The molecule has 0 fully saturated rings. The first-order valence-corrected chi connectivity index (χ1v) is 13.2. The van der Waals surface area contributed by atoms with Gasteiger partial charge in [-0.2, -0.15) is 0 Å². The van der Waals surface area contributed by atoms with Gasteiger partial charge in [-0.1, -0.05) is 91.5 Å². The molecule has 0 bridgehead atoms. The minimum Gasteiger partial charge on any atom is -0.486 e. The van der Waals surface area contributed by atoms with Crippen LogP contribution in [0.2, 0.25) is 0 Å². The molecule has 4 heteroatoms. The average molecular weight is 510 g/mol. The smallest absolute Gasteiger partial charge is 0.166 e. The summed E-state index contributed by atoms with van der Waals surface area (Å²) in [5.41, 5.74) is 6.95. The molecular formula is C35H27NO3. The van der Waals surface area contributed by atoms with E-state index in [4.69, 9.17) is 9.47 Å². The minimum atomic E-state index is -0.772. The molecular weight excluding hydrogens is 482 g/mol. The number of benzene rings is 4. The number of carbonyl (C=O) groups is 1. The monoisotopic (exact) mass is 509 g/mol. The largest absolute Gasteiger partial charge is 0.486 e. The molecule has 2 aliphatic heterocycles. The van der Waals surface area contributed by atoms with Crippen molar-refractivity contribution in [2.75, 3.05) is 18.1 Å². The molecule has 4 nitrogen and oxygen atoms in total. The lowest BCUT2D eigenvalue weighted by Gasteiger charge is -2.47. The Kier molecular flexibility index (Phi) is 5.48. The second-order valence-electron chi connectivity index (χ2n) is 9.93. The molecule has 4 aromatic rings. The maximum atomic E-state index is 13.6. The second kappa shape index (κ2) is 9.17. The summed E-state index contributed by atoms with van der Waals surface area (Å²) in [7, 11) is 0. The van der Waals surface area contributed by atoms with E-state index in [9.17, 15) is 4.79 Å². The molecule has 0 unspecified atom stereocenters. The van der Waals surface area contributed by atoms with Crippen LogP contribution >= 0.6 is 0 Å². The van der Waals surface area contributed by atoms with E-state index in [1.807, 2.05) is 48.6 Å². The van der Waals surface area contributed by atoms with Crippen LogP contribution in [0.15, 0.2) is 127 Å². The Morgan fingerprint density at radius 3 is 2.10 bits per heavy atom. The third-order valence-corrected chi connectivity index (χ3v) is 7.84. The third-order valence-electron chi connectivity index (χ3n) is 7.84. The van der Waals surface area contributed by atoms with Gasteiger partial charge in [0.25, 0.3) is 0 Å². The van der Waals surface area contributed by atoms with Gasteiger partial charge in [0.2, 0.25) is 0 Å². The van der Waals surface area contributed by atoms with Crippen molar-refractivity contribution in [2.24, 2.45) is 0 Å². The van der Waals surface area contributed by atoms with Crippen LogP contribution in [-0.2, 0) is 5.41 Å². The molecule has 0 atom stereocenters. The fraction of sp³-hybridized carbons (Fsp3) is 0.114. The molecule has 4 aromatic carbocycles. The summed E-state index contributed by atoms with van der Waals surface area (Å²) >= 11 is 0. The van der Waals surface area contributed by atoms with Crippen LogP contribution in [0.1, 0.15) is 33.5 Å². The first kappa shape index (κ1) is 23.3. The quantitative estimate of drug-likeness (QED) is 0.262. The van der Waals surface area contributed by atoms with Gasteiger partial charge in [0.15, 0.2) is 17.3 Å². The van der Waals surface area contributed by atoms with Crippen molar-refractivity contribution in [3.05, 3.63) is 150 Å². The fourth-order valence-electron chi connectivity index (χ4n) is 6.22. The summed E-state index contributed by atoms with van der Waals surface area (Å²) in [6, 6.07) is 31.0. The van der Waals surface area contributed by atoms with Crippen LogP contribution in [0.4, 0.5) is 17.1 Å². The number of carbonyl (C=O) groups excluding carboxylic acids is 1. The lowest BCUT2D eigenvalue weighted by atomic mass is 9.61. The highest BCUT2D eigenvalue weighted by atomic mass is 16.6. The van der Waals surface area contributed by atoms with Crippen LogP contribution in [-0.4, -0.2) is 19.0 Å². The van der Waals surface area contributed by atoms with E-state index in [1.54, 1.807) is 0 Å². The summed E-state index contributed by atoms with van der Waals surface area (Å²) in [5, 5.41) is 0. The van der Waals surface area contributed by atoms with Crippen molar-refractivity contribution < 1.29 is 14.3 Å². The Morgan fingerprint density at radius 1 is 0.718 bits per heavy atom. The highest BCUT2D eigenvalue weighted by molar-refractivity contribution is 6.01. The molecule has 1 spiro atoms. The molecule has 0 aromatic heterocycles. The predicted molar refractivity (Wildman–Crippen MR) is 155 cm³/mol. The average Bonchev–Trinajstić information content (AvgIpc) is 2.99. The van der Waals surface area contributed by atoms with Gasteiger partial charge in [-0.25, -0.2) is 0 Å². The van der Waals surface area contributed by atoms with Crippen molar-refractivity contribution in [1.82, 2.24) is 0 Å². The number of ether oxygens (including phenoxy) is 2. The number of para-hydroxylation sites is 2. The van der Waals surface area contributed by atoms with Crippen LogP contribution in [0.3, 0.4) is 0 Å². The Bertz CT molecular complexity index is 1650. The lowest BCUT2D eigenvalue weighted by Crippen LogP contribution is -2.39. The Hall–Kier alpha value is -4.83. The first-order valence-electron chi connectivity index (χ1n) is 13.2. The van der Waals surface area contributed by atoms with Crippen LogP contribution in [0.5, 0.6) is 11.5 Å². The number of rotatable bonds is 1. The van der Waals surface area contributed by atoms with E-state index in [-0.39, 0.29) is 5.78 Å². The summed E-state index contributed by atoms with van der Waals surface area (Å²) in [5.74, 6) is 1.59. The molecule has 0 amide bonds. The highest BCUT2D eigenvalue weighted by Crippen LogP contribution is 2.58. The summed E-state index contributed by atoms with van der Waals surface area (Å²) in [6.45, 7) is 5.73. The number of anilines is 3. The van der Waals surface area contributed by atoms with Crippen LogP contribution in [0, 0.1) is 0 Å². The summed E-state index contributed by atoms with van der Waals surface area (Å²) < 4.78 is 11.8. The summed E-state index contributed by atoms with van der Waals surface area (Å²) in [6.07, 6.45) is 8.26. The molecule has 0 saturated carbocycles. The molecule has 190 valence electrons. The molecule has 2 heterocycles.